The van der Waals surface area contributed by atoms with Crippen molar-refractivity contribution in [2.45, 2.75) is 17.9 Å². The average Bonchev–Trinajstić information content (AvgIpc) is 2.57. The molecule has 4 nitrogen and oxygen atoms in total. The van der Waals surface area contributed by atoms with Gasteiger partial charge in [0.25, 0.3) is 0 Å². The minimum atomic E-state index is -3.89. The third-order valence-electron chi connectivity index (χ3n) is 4.23. The number of hydrogen-bond donors (Lipinski definition) is 1. The smallest absolute Gasteiger partial charge is 0.244 e. The van der Waals surface area contributed by atoms with Crippen LogP contribution < -0.4 is 5.32 Å². The highest BCUT2D eigenvalue weighted by Crippen LogP contribution is 2.31. The summed E-state index contributed by atoms with van der Waals surface area (Å²) in [6.45, 7) is 2.54. The first-order valence-electron chi connectivity index (χ1n) is 7.64. The van der Waals surface area contributed by atoms with Crippen molar-refractivity contribution in [3.8, 4) is 0 Å². The van der Waals surface area contributed by atoms with E-state index in [0.29, 0.717) is 18.7 Å². The van der Waals surface area contributed by atoms with E-state index in [0.717, 1.165) is 0 Å². The van der Waals surface area contributed by atoms with Gasteiger partial charge in [0, 0.05) is 25.2 Å². The third-order valence-corrected chi connectivity index (χ3v) is 6.28. The molecule has 1 saturated heterocycles. The van der Waals surface area contributed by atoms with Gasteiger partial charge in [0.05, 0.1) is 10.9 Å². The van der Waals surface area contributed by atoms with Crippen LogP contribution in [0.1, 0.15) is 17.2 Å². The lowest BCUT2D eigenvalue weighted by Crippen LogP contribution is -2.48. The molecule has 0 spiro atoms. The predicted octanol–water partition coefficient (Wildman–Crippen LogP) is 3.03. The molecule has 0 aliphatic carbocycles. The van der Waals surface area contributed by atoms with Gasteiger partial charge in [0.15, 0.2) is 0 Å². The quantitative estimate of drug-likeness (QED) is 0.879. The number of hydrogen-bond acceptors (Lipinski definition) is 3. The van der Waals surface area contributed by atoms with Gasteiger partial charge in [-0.1, -0.05) is 18.2 Å². The lowest BCUT2D eigenvalue weighted by molar-refractivity contribution is 0.271. The molecule has 8 heteroatoms. The molecule has 136 valence electrons. The monoisotopic (exact) mass is 388 g/mol. The Bertz CT molecular complexity index is 861. The molecule has 0 saturated carbocycles. The molecule has 25 heavy (non-hydrogen) atoms. The van der Waals surface area contributed by atoms with Crippen molar-refractivity contribution >= 4 is 22.4 Å². The van der Waals surface area contributed by atoms with Crippen LogP contribution in [0.15, 0.2) is 47.4 Å². The molecule has 3 rings (SSSR count). The maximum atomic E-state index is 13.8. The maximum absolute atomic E-state index is 13.8. The molecule has 1 unspecified atom stereocenters. The number of rotatable bonds is 3. The highest BCUT2D eigenvalue weighted by Gasteiger charge is 2.35. The van der Waals surface area contributed by atoms with E-state index < -0.39 is 27.7 Å². The van der Waals surface area contributed by atoms with Crippen molar-refractivity contribution < 1.29 is 17.2 Å². The Balaban J connectivity index is 0.00000225. The molecule has 0 radical (unpaired) electrons. The van der Waals surface area contributed by atoms with Gasteiger partial charge >= 0.3 is 0 Å². The summed E-state index contributed by atoms with van der Waals surface area (Å²) in [4.78, 5) is -0.0502. The van der Waals surface area contributed by atoms with Gasteiger partial charge < -0.3 is 5.32 Å². The van der Waals surface area contributed by atoms with Crippen molar-refractivity contribution in [3.05, 3.63) is 65.2 Å². The molecule has 1 aliphatic heterocycles. The van der Waals surface area contributed by atoms with Crippen molar-refractivity contribution in [2.24, 2.45) is 0 Å². The molecule has 2 aromatic carbocycles. The SMILES string of the molecule is Cc1c(F)cccc1S(=O)(=O)N1CCNCC1c1cccc(F)c1.Cl. The van der Waals surface area contributed by atoms with E-state index in [1.165, 1.54) is 41.6 Å². The summed E-state index contributed by atoms with van der Waals surface area (Å²) in [5.74, 6) is -0.981. The lowest BCUT2D eigenvalue weighted by atomic mass is 10.1. The molecule has 1 aliphatic rings. The first-order chi connectivity index (χ1) is 11.4. The molecule has 1 atom stereocenters. The van der Waals surface area contributed by atoms with Crippen LogP contribution in [0, 0.1) is 18.6 Å². The van der Waals surface area contributed by atoms with E-state index >= 15 is 0 Å². The molecule has 2 aromatic rings. The van der Waals surface area contributed by atoms with Crippen molar-refractivity contribution in [3.63, 3.8) is 0 Å². The van der Waals surface area contributed by atoms with E-state index in [1.807, 2.05) is 0 Å². The normalized spacial score (nSPS) is 18.6. The first kappa shape index (κ1) is 19.8. The van der Waals surface area contributed by atoms with E-state index in [4.69, 9.17) is 0 Å². The molecule has 0 bridgehead atoms. The van der Waals surface area contributed by atoms with Crippen LogP contribution in [0.25, 0.3) is 0 Å². The van der Waals surface area contributed by atoms with Gasteiger partial charge in [0.2, 0.25) is 10.0 Å². The summed E-state index contributed by atoms with van der Waals surface area (Å²) in [5.41, 5.74) is 0.661. The first-order valence-corrected chi connectivity index (χ1v) is 9.08. The molecule has 1 heterocycles. The van der Waals surface area contributed by atoms with Crippen molar-refractivity contribution in [1.82, 2.24) is 9.62 Å². The van der Waals surface area contributed by atoms with Crippen molar-refractivity contribution in [2.75, 3.05) is 19.6 Å². The van der Waals surface area contributed by atoms with Gasteiger partial charge in [-0.15, -0.1) is 12.4 Å². The van der Waals surface area contributed by atoms with Gasteiger partial charge in [-0.25, -0.2) is 17.2 Å². The van der Waals surface area contributed by atoms with Crippen LogP contribution in [0.2, 0.25) is 0 Å². The second-order valence-corrected chi connectivity index (χ2v) is 7.61. The molecule has 0 aromatic heterocycles. The zero-order chi connectivity index (χ0) is 17.3. The minimum absolute atomic E-state index is 0. The van der Waals surface area contributed by atoms with Crippen LogP contribution in [0.4, 0.5) is 8.78 Å². The van der Waals surface area contributed by atoms with Crippen LogP contribution in [-0.2, 0) is 10.0 Å². The largest absolute Gasteiger partial charge is 0.313 e. The number of nitrogens with one attached hydrogen (secondary N) is 1. The van der Waals surface area contributed by atoms with Crippen LogP contribution >= 0.6 is 12.4 Å². The average molecular weight is 389 g/mol. The molecule has 1 N–H and O–H groups in total. The van der Waals surface area contributed by atoms with E-state index in [-0.39, 0.29) is 29.4 Å². The second kappa shape index (κ2) is 7.78. The number of benzene rings is 2. The van der Waals surface area contributed by atoms with Crippen molar-refractivity contribution in [1.29, 1.82) is 0 Å². The van der Waals surface area contributed by atoms with Crippen LogP contribution in [-0.4, -0.2) is 32.4 Å². The summed E-state index contributed by atoms with van der Waals surface area (Å²) in [5, 5.41) is 3.13. The van der Waals surface area contributed by atoms with Gasteiger partial charge in [-0.3, -0.25) is 0 Å². The molecule has 1 fully saturated rings. The van der Waals surface area contributed by atoms with Crippen LogP contribution in [0.5, 0.6) is 0 Å². The standard InChI is InChI=1S/C17H18F2N2O2S.ClH/c1-12-15(19)6-3-7-17(12)24(22,23)21-9-8-20-11-16(21)13-4-2-5-14(18)10-13;/h2-7,10,16,20H,8-9,11H2,1H3;1H. The number of nitrogens with zero attached hydrogens (tertiary/aromatic N) is 1. The fourth-order valence-electron chi connectivity index (χ4n) is 2.96. The number of piperazine rings is 1. The zero-order valence-electron chi connectivity index (χ0n) is 13.6. The fraction of sp³-hybridized carbons (Fsp3) is 0.294. The Hall–Kier alpha value is -1.54. The maximum Gasteiger partial charge on any atom is 0.244 e. The Labute approximate surface area is 152 Å². The van der Waals surface area contributed by atoms with Gasteiger partial charge in [-0.05, 0) is 36.8 Å². The predicted molar refractivity (Wildman–Crippen MR) is 94.3 cm³/mol. The summed E-state index contributed by atoms with van der Waals surface area (Å²) in [6, 6.07) is 9.37. The molecule has 0 amide bonds. The topological polar surface area (TPSA) is 49.4 Å². The second-order valence-electron chi connectivity index (χ2n) is 5.75. The third kappa shape index (κ3) is 3.84. The number of halogens is 3. The summed E-state index contributed by atoms with van der Waals surface area (Å²) >= 11 is 0. The highest BCUT2D eigenvalue weighted by atomic mass is 35.5. The van der Waals surface area contributed by atoms with Crippen LogP contribution in [0.3, 0.4) is 0 Å². The Morgan fingerprint density at radius 3 is 2.60 bits per heavy atom. The highest BCUT2D eigenvalue weighted by molar-refractivity contribution is 7.89. The summed E-state index contributed by atoms with van der Waals surface area (Å²) in [6.07, 6.45) is 0. The molecular formula is C17H19ClF2N2O2S. The summed E-state index contributed by atoms with van der Waals surface area (Å²) in [7, 11) is -3.89. The van der Waals surface area contributed by atoms with E-state index in [1.54, 1.807) is 12.1 Å². The van der Waals surface area contributed by atoms with E-state index in [2.05, 4.69) is 5.32 Å². The Kier molecular flexibility index (Phi) is 6.16. The van der Waals surface area contributed by atoms with Gasteiger partial charge in [0.1, 0.15) is 11.6 Å². The summed E-state index contributed by atoms with van der Waals surface area (Å²) < 4.78 is 54.8. The lowest BCUT2D eigenvalue weighted by Gasteiger charge is -2.35. The fourth-order valence-corrected chi connectivity index (χ4v) is 4.82. The molecular weight excluding hydrogens is 370 g/mol. The zero-order valence-corrected chi connectivity index (χ0v) is 15.2. The Morgan fingerprint density at radius 2 is 1.88 bits per heavy atom. The minimum Gasteiger partial charge on any atom is -0.313 e. The van der Waals surface area contributed by atoms with E-state index in [9.17, 15) is 17.2 Å². The van der Waals surface area contributed by atoms with Gasteiger partial charge in [-0.2, -0.15) is 4.31 Å². The Morgan fingerprint density at radius 1 is 1.16 bits per heavy atom. The number of sulfonamides is 1.